The van der Waals surface area contributed by atoms with Crippen LogP contribution < -0.4 is 10.2 Å². The molecule has 7 nitrogen and oxygen atoms in total. The van der Waals surface area contributed by atoms with Crippen LogP contribution >= 0.6 is 0 Å². The van der Waals surface area contributed by atoms with Gasteiger partial charge in [0.25, 0.3) is 0 Å². The van der Waals surface area contributed by atoms with Crippen molar-refractivity contribution in [3.8, 4) is 0 Å². The number of nitrogens with zero attached hydrogens (tertiary/aromatic N) is 4. The lowest BCUT2D eigenvalue weighted by Crippen LogP contribution is -2.35. The van der Waals surface area contributed by atoms with E-state index in [9.17, 15) is 14.5 Å². The van der Waals surface area contributed by atoms with E-state index in [4.69, 9.17) is 0 Å². The summed E-state index contributed by atoms with van der Waals surface area (Å²) < 4.78 is 13.8. The first kappa shape index (κ1) is 16.1. The SMILES string of the molecule is CC1CCCN(c2ncnc(Nc3ccccc3F)c2[N+](=O)[O-])C1. The summed E-state index contributed by atoms with van der Waals surface area (Å²) in [6, 6.07) is 5.98. The Kier molecular flexibility index (Phi) is 4.54. The first-order valence-corrected chi connectivity index (χ1v) is 7.82. The molecule has 0 radical (unpaired) electrons. The molecule has 0 saturated carbocycles. The van der Waals surface area contributed by atoms with Crippen molar-refractivity contribution in [2.75, 3.05) is 23.3 Å². The normalized spacial score (nSPS) is 17.6. The number of rotatable bonds is 4. The number of nitrogens with one attached hydrogen (secondary N) is 1. The average Bonchev–Trinajstić information content (AvgIpc) is 2.56. The molecule has 1 atom stereocenters. The maximum atomic E-state index is 13.8. The first-order valence-electron chi connectivity index (χ1n) is 7.82. The minimum atomic E-state index is -0.516. The van der Waals surface area contributed by atoms with Gasteiger partial charge in [-0.2, -0.15) is 0 Å². The van der Waals surface area contributed by atoms with E-state index in [0.717, 1.165) is 12.8 Å². The van der Waals surface area contributed by atoms with E-state index in [-0.39, 0.29) is 23.0 Å². The number of anilines is 3. The molecular formula is C16H18FN5O2. The number of piperidine rings is 1. The van der Waals surface area contributed by atoms with Crippen LogP contribution in [-0.4, -0.2) is 28.0 Å². The monoisotopic (exact) mass is 331 g/mol. The minimum Gasteiger partial charge on any atom is -0.350 e. The molecule has 1 unspecified atom stereocenters. The van der Waals surface area contributed by atoms with Gasteiger partial charge in [0.1, 0.15) is 12.1 Å². The van der Waals surface area contributed by atoms with Crippen LogP contribution in [0.2, 0.25) is 0 Å². The summed E-state index contributed by atoms with van der Waals surface area (Å²) >= 11 is 0. The minimum absolute atomic E-state index is 0.00618. The van der Waals surface area contributed by atoms with Crippen molar-refractivity contribution in [1.82, 2.24) is 9.97 Å². The van der Waals surface area contributed by atoms with Gasteiger partial charge in [-0.05, 0) is 30.9 Å². The Bertz CT molecular complexity index is 755. The molecule has 0 aliphatic carbocycles. The summed E-state index contributed by atoms with van der Waals surface area (Å²) in [6.45, 7) is 3.52. The quantitative estimate of drug-likeness (QED) is 0.682. The van der Waals surface area contributed by atoms with Crippen LogP contribution in [0.5, 0.6) is 0 Å². The van der Waals surface area contributed by atoms with Crippen LogP contribution in [0.1, 0.15) is 19.8 Å². The molecule has 1 aromatic heterocycles. The van der Waals surface area contributed by atoms with Crippen molar-refractivity contribution in [3.05, 3.63) is 46.5 Å². The largest absolute Gasteiger partial charge is 0.353 e. The maximum Gasteiger partial charge on any atom is 0.353 e. The summed E-state index contributed by atoms with van der Waals surface area (Å²) in [5.74, 6) is 0.212. The van der Waals surface area contributed by atoms with Gasteiger partial charge in [-0.1, -0.05) is 19.1 Å². The predicted octanol–water partition coefficient (Wildman–Crippen LogP) is 3.50. The molecule has 0 amide bonds. The maximum absolute atomic E-state index is 13.8. The van der Waals surface area contributed by atoms with E-state index in [1.54, 1.807) is 12.1 Å². The average molecular weight is 331 g/mol. The molecule has 1 fully saturated rings. The second-order valence-corrected chi connectivity index (χ2v) is 5.95. The third-order valence-corrected chi connectivity index (χ3v) is 4.07. The van der Waals surface area contributed by atoms with Gasteiger partial charge in [0.05, 0.1) is 10.6 Å². The highest BCUT2D eigenvalue weighted by Crippen LogP contribution is 2.35. The van der Waals surface area contributed by atoms with Crippen molar-refractivity contribution in [2.45, 2.75) is 19.8 Å². The van der Waals surface area contributed by atoms with E-state index in [1.165, 1.54) is 18.5 Å². The lowest BCUT2D eigenvalue weighted by molar-refractivity contribution is -0.383. The smallest absolute Gasteiger partial charge is 0.350 e. The van der Waals surface area contributed by atoms with Crippen LogP contribution in [-0.2, 0) is 0 Å². The van der Waals surface area contributed by atoms with Gasteiger partial charge in [-0.15, -0.1) is 0 Å². The van der Waals surface area contributed by atoms with Gasteiger partial charge in [0.15, 0.2) is 0 Å². The van der Waals surface area contributed by atoms with Crippen LogP contribution in [0.3, 0.4) is 0 Å². The fourth-order valence-electron chi connectivity index (χ4n) is 2.93. The number of halogens is 1. The topological polar surface area (TPSA) is 84.2 Å². The molecule has 24 heavy (non-hydrogen) atoms. The number of hydrogen-bond donors (Lipinski definition) is 1. The van der Waals surface area contributed by atoms with Gasteiger partial charge in [-0.3, -0.25) is 10.1 Å². The Hall–Kier alpha value is -2.77. The highest BCUT2D eigenvalue weighted by Gasteiger charge is 2.29. The Morgan fingerprint density at radius 1 is 1.38 bits per heavy atom. The third kappa shape index (κ3) is 3.27. The van der Waals surface area contributed by atoms with E-state index in [2.05, 4.69) is 22.2 Å². The van der Waals surface area contributed by atoms with Crippen molar-refractivity contribution in [1.29, 1.82) is 0 Å². The van der Waals surface area contributed by atoms with Crippen molar-refractivity contribution >= 4 is 23.0 Å². The molecule has 1 N–H and O–H groups in total. The Morgan fingerprint density at radius 2 is 2.17 bits per heavy atom. The molecular weight excluding hydrogens is 313 g/mol. The summed E-state index contributed by atoms with van der Waals surface area (Å²) in [6.07, 6.45) is 3.32. The van der Waals surface area contributed by atoms with Gasteiger partial charge in [0.2, 0.25) is 11.6 Å². The molecule has 1 saturated heterocycles. The first-order chi connectivity index (χ1) is 11.6. The molecule has 126 valence electrons. The van der Waals surface area contributed by atoms with Gasteiger partial charge in [0, 0.05) is 13.1 Å². The van der Waals surface area contributed by atoms with Crippen molar-refractivity contribution in [3.63, 3.8) is 0 Å². The molecule has 2 aromatic rings. The number of para-hydroxylation sites is 1. The van der Waals surface area contributed by atoms with Crippen molar-refractivity contribution in [2.24, 2.45) is 5.92 Å². The standard InChI is InChI=1S/C16H18FN5O2/c1-11-5-4-8-21(9-11)16-14(22(23)24)15(18-10-19-16)20-13-7-3-2-6-12(13)17/h2-3,6-7,10-11H,4-5,8-9H2,1H3,(H,18,19,20). The summed E-state index contributed by atoms with van der Waals surface area (Å²) in [7, 11) is 0. The zero-order valence-corrected chi connectivity index (χ0v) is 13.3. The van der Waals surface area contributed by atoms with E-state index in [0.29, 0.717) is 19.0 Å². The number of hydrogen-bond acceptors (Lipinski definition) is 6. The predicted molar refractivity (Wildman–Crippen MR) is 89.0 cm³/mol. The zero-order chi connectivity index (χ0) is 17.1. The third-order valence-electron chi connectivity index (χ3n) is 4.07. The van der Waals surface area contributed by atoms with Gasteiger partial charge >= 0.3 is 5.69 Å². The lowest BCUT2D eigenvalue weighted by Gasteiger charge is -2.31. The second-order valence-electron chi connectivity index (χ2n) is 5.95. The Labute approximate surface area is 138 Å². The lowest BCUT2D eigenvalue weighted by atomic mass is 10.0. The van der Waals surface area contributed by atoms with E-state index < -0.39 is 10.7 Å². The van der Waals surface area contributed by atoms with E-state index in [1.807, 2.05) is 4.90 Å². The Balaban J connectivity index is 1.99. The molecule has 0 spiro atoms. The molecule has 1 aromatic carbocycles. The molecule has 3 rings (SSSR count). The Morgan fingerprint density at radius 3 is 2.88 bits per heavy atom. The van der Waals surface area contributed by atoms with Crippen LogP contribution in [0, 0.1) is 21.8 Å². The fourth-order valence-corrected chi connectivity index (χ4v) is 2.93. The summed E-state index contributed by atoms with van der Waals surface area (Å²) in [5, 5.41) is 14.3. The molecule has 0 bridgehead atoms. The van der Waals surface area contributed by atoms with Gasteiger partial charge in [-0.25, -0.2) is 14.4 Å². The molecule has 1 aliphatic heterocycles. The molecule has 8 heteroatoms. The van der Waals surface area contributed by atoms with Gasteiger partial charge < -0.3 is 10.2 Å². The van der Waals surface area contributed by atoms with Crippen LogP contribution in [0.25, 0.3) is 0 Å². The fraction of sp³-hybridized carbons (Fsp3) is 0.375. The van der Waals surface area contributed by atoms with Crippen LogP contribution in [0.15, 0.2) is 30.6 Å². The molecule has 1 aliphatic rings. The number of benzene rings is 1. The summed E-state index contributed by atoms with van der Waals surface area (Å²) in [5.41, 5.74) is -0.0906. The van der Waals surface area contributed by atoms with Crippen LogP contribution in [0.4, 0.5) is 27.4 Å². The number of aromatic nitrogens is 2. The summed E-state index contributed by atoms with van der Waals surface area (Å²) in [4.78, 5) is 21.1. The zero-order valence-electron chi connectivity index (χ0n) is 13.3. The van der Waals surface area contributed by atoms with E-state index >= 15 is 0 Å². The number of nitro groups is 1. The molecule has 2 heterocycles. The van der Waals surface area contributed by atoms with Crippen molar-refractivity contribution < 1.29 is 9.31 Å². The second kappa shape index (κ2) is 6.77. The highest BCUT2D eigenvalue weighted by atomic mass is 19.1. The highest BCUT2D eigenvalue weighted by molar-refractivity contribution is 5.74.